The number of fused-ring (bicyclic) bond motifs is 1. The number of phenols is 1. The van der Waals surface area contributed by atoms with Crippen molar-refractivity contribution < 1.29 is 44.7 Å². The van der Waals surface area contributed by atoms with Crippen molar-refractivity contribution in [3.63, 3.8) is 0 Å². The van der Waals surface area contributed by atoms with Crippen LogP contribution in [0.25, 0.3) is 5.57 Å². The molecule has 2 atom stereocenters. The summed E-state index contributed by atoms with van der Waals surface area (Å²) in [6.07, 6.45) is 33.1. The van der Waals surface area contributed by atoms with Crippen LogP contribution < -0.4 is 28.7 Å². The molecular formula is C127H254N8O9S2. The molecule has 1 aromatic heterocycles. The van der Waals surface area contributed by atoms with E-state index in [1.54, 1.807) is 31.0 Å². The number of carbonyl (C=O) groups excluding carboxylic acids is 2. The number of aliphatic carboxylic acids is 2. The third-order valence-electron chi connectivity index (χ3n) is 21.4. The van der Waals surface area contributed by atoms with Gasteiger partial charge in [0.25, 0.3) is 0 Å². The van der Waals surface area contributed by atoms with Crippen molar-refractivity contribution in [1.29, 1.82) is 0 Å². The Hall–Kier alpha value is -5.86. The molecule has 16 N–H and O–H groups in total. The number of aliphatic hydroxyl groups excluding tert-OH is 2. The molecular weight excluding hydrogens is 1850 g/mol. The lowest BCUT2D eigenvalue weighted by atomic mass is 9.95. The molecule has 0 spiro atoms. The number of allylic oxidation sites excluding steroid dienone is 2. The van der Waals surface area contributed by atoms with E-state index in [9.17, 15) is 19.2 Å². The lowest BCUT2D eigenvalue weighted by Gasteiger charge is -2.11. The molecule has 0 saturated heterocycles. The number of guanidine groups is 1. The zero-order valence-electron chi connectivity index (χ0n) is 105. The molecule has 2 unspecified atom stereocenters. The summed E-state index contributed by atoms with van der Waals surface area (Å²) in [6.45, 7) is 101. The largest absolute Gasteiger partial charge is 0.508 e. The van der Waals surface area contributed by atoms with E-state index in [1.165, 1.54) is 117 Å². The molecule has 1 heterocycles. The molecule has 2 aliphatic rings. The second kappa shape index (κ2) is 118. The van der Waals surface area contributed by atoms with E-state index in [0.29, 0.717) is 73.0 Å². The van der Waals surface area contributed by atoms with Crippen LogP contribution in [-0.4, -0.2) is 109 Å². The maximum atomic E-state index is 10.1. The van der Waals surface area contributed by atoms with Gasteiger partial charge < -0.3 is 59.2 Å². The van der Waals surface area contributed by atoms with E-state index in [1.807, 2.05) is 99.3 Å². The van der Waals surface area contributed by atoms with Gasteiger partial charge in [0.1, 0.15) is 5.75 Å². The lowest BCUT2D eigenvalue weighted by Crippen LogP contribution is -2.22. The summed E-state index contributed by atoms with van der Waals surface area (Å²) in [5, 5.41) is 42.0. The minimum Gasteiger partial charge on any atom is -0.508 e. The number of aliphatic hydroxyl groups is 2. The number of amides is 2. The number of nitrogens with one attached hydrogen (secondary N) is 1. The second-order valence-electron chi connectivity index (χ2n) is 48.0. The average Bonchev–Trinajstić information content (AvgIpc) is 1.69. The van der Waals surface area contributed by atoms with Crippen LogP contribution in [0.4, 0.5) is 0 Å². The number of nitrogens with zero attached hydrogens (tertiary/aromatic N) is 2. The van der Waals surface area contributed by atoms with Crippen LogP contribution in [0.1, 0.15) is 468 Å². The van der Waals surface area contributed by atoms with Crippen molar-refractivity contribution in [2.45, 2.75) is 472 Å². The van der Waals surface area contributed by atoms with Crippen molar-refractivity contribution in [3.05, 3.63) is 125 Å². The lowest BCUT2D eigenvalue weighted by molar-refractivity contribution is -0.138. The first-order chi connectivity index (χ1) is 67.4. The Kier molecular flexibility index (Phi) is 135. The van der Waals surface area contributed by atoms with Crippen molar-refractivity contribution >= 4 is 59.7 Å². The maximum Gasteiger partial charge on any atom is 0.303 e. The van der Waals surface area contributed by atoms with Gasteiger partial charge in [-0.1, -0.05) is 429 Å². The number of carbonyl (C=O) groups is 4. The number of nitrogens with two attached hydrogens (primary N) is 5. The number of H-pyrrole nitrogens is 1. The number of primary amides is 2. The predicted molar refractivity (Wildman–Crippen MR) is 660 cm³/mol. The van der Waals surface area contributed by atoms with Gasteiger partial charge in [-0.3, -0.25) is 24.2 Å². The Balaban J connectivity index is -0.000000117. The topological polar surface area (TPSA) is 341 Å². The minimum atomic E-state index is -0.713. The summed E-state index contributed by atoms with van der Waals surface area (Å²) >= 11 is 5.95. The molecule has 1 fully saturated rings. The number of aromatic amines is 1. The van der Waals surface area contributed by atoms with Crippen molar-refractivity contribution in [2.75, 3.05) is 37.5 Å². The molecule has 0 radical (unpaired) electrons. The van der Waals surface area contributed by atoms with E-state index >= 15 is 0 Å². The van der Waals surface area contributed by atoms with E-state index < -0.39 is 11.9 Å². The third kappa shape index (κ3) is 174. The number of rotatable bonds is 38. The highest BCUT2D eigenvalue weighted by molar-refractivity contribution is 7.98. The van der Waals surface area contributed by atoms with Crippen LogP contribution in [0, 0.1) is 136 Å². The van der Waals surface area contributed by atoms with Gasteiger partial charge in [0.2, 0.25) is 11.8 Å². The number of aromatic hydroxyl groups is 1. The van der Waals surface area contributed by atoms with Crippen molar-refractivity contribution in [2.24, 2.45) is 170 Å². The summed E-state index contributed by atoms with van der Waals surface area (Å²) in [4.78, 5) is 50.7. The number of hydrogen-bond donors (Lipinski definition) is 12. The molecule has 0 aliphatic heterocycles. The number of carboxylic acids is 2. The Morgan fingerprint density at radius 3 is 1.10 bits per heavy atom. The summed E-state index contributed by atoms with van der Waals surface area (Å²) < 4.78 is 0. The van der Waals surface area contributed by atoms with E-state index in [-0.39, 0.29) is 36.2 Å². The first-order valence-electron chi connectivity index (χ1n) is 57.1. The fourth-order valence-corrected chi connectivity index (χ4v) is 12.1. The number of thiol groups is 1. The second-order valence-corrected chi connectivity index (χ2v) is 49.3. The van der Waals surface area contributed by atoms with Crippen molar-refractivity contribution in [1.82, 2.24) is 9.97 Å². The van der Waals surface area contributed by atoms with Crippen LogP contribution in [0.15, 0.2) is 102 Å². The molecule has 19 heteroatoms. The molecule has 3 aromatic carbocycles. The number of aliphatic imine (C=N–C) groups is 1. The van der Waals surface area contributed by atoms with Gasteiger partial charge in [0.15, 0.2) is 5.96 Å². The number of imidazole rings is 1. The van der Waals surface area contributed by atoms with Crippen LogP contribution in [0.3, 0.4) is 0 Å². The first-order valence-corrected chi connectivity index (χ1v) is 59.1. The molecule has 1 saturated carbocycles. The number of carboxylic acid groups (broad SMARTS) is 2. The van der Waals surface area contributed by atoms with Crippen LogP contribution in [0.2, 0.25) is 0 Å². The number of aromatic nitrogens is 2. The highest BCUT2D eigenvalue weighted by Crippen LogP contribution is 2.32. The quantitative estimate of drug-likeness (QED) is 0.00859. The first kappa shape index (κ1) is 168. The normalized spacial score (nSPS) is 11.7. The smallest absolute Gasteiger partial charge is 0.303 e. The zero-order valence-corrected chi connectivity index (χ0v) is 107. The van der Waals surface area contributed by atoms with Gasteiger partial charge in [-0.2, -0.15) is 24.4 Å². The molecule has 146 heavy (non-hydrogen) atoms. The number of hydrogen-bond acceptors (Lipinski definition) is 12. The highest BCUT2D eigenvalue weighted by Gasteiger charge is 2.18. The molecule has 6 rings (SSSR count). The number of phenolic OH excluding ortho intramolecular Hbond substituents is 1. The fourth-order valence-electron chi connectivity index (χ4n) is 11.4. The van der Waals surface area contributed by atoms with Gasteiger partial charge in [-0.05, 0) is 284 Å². The number of benzene rings is 3. The number of unbranched alkanes of at least 4 members (excludes halogenated alkanes) is 1. The van der Waals surface area contributed by atoms with Gasteiger partial charge in [0, 0.05) is 50.7 Å². The van der Waals surface area contributed by atoms with Crippen LogP contribution in [0.5, 0.6) is 5.75 Å². The molecule has 0 bridgehead atoms. The van der Waals surface area contributed by atoms with Crippen LogP contribution >= 0.6 is 24.4 Å². The minimum absolute atomic E-state index is 0.148. The van der Waals surface area contributed by atoms with E-state index in [4.69, 9.17) is 54.2 Å². The Morgan fingerprint density at radius 1 is 0.459 bits per heavy atom. The molecule has 2 aliphatic carbocycles. The summed E-state index contributed by atoms with van der Waals surface area (Å²) in [5.41, 5.74) is 33.8. The maximum absolute atomic E-state index is 10.1. The fraction of sp³-hybridized carbons (Fsp3) is 0.780. The SMILES string of the molecule is CC(C)C.CC(C)C(C)C.CC(C)C(C)O.CC(C)C1CCCC1.CC(C)CC(=O)O.CC(C)CC(C)C.CC(C)CC(N)=O.CC(C)CC1=CCc2ccccc21.CC(C)CCC(=O)O.CC(C)CCC(N)=O.CC(C)CCCCN.CC(C)CCCN=C(N)N.CC(C)CO.CC(C)CS.CC(C)Cc1ccc(O)cc1.CC(C)Cc1ccccc1.CC(C)Cc1cnc[nH]1.CCC(C)C(C)C.CSCCC(C)C. The number of thioether (sulfide) groups is 1. The highest BCUT2D eigenvalue weighted by atomic mass is 32.2. The standard InChI is InChI=1S/C13H16.C10H14O.C10H14.C8H16.C7H17N3.C7H12N2.C7H17N.2C7H16.C6H13NO.C6H12O2.C6H14S.C6H14.C5H11NO.C5H10O2.C5H12O.C4H10O.C4H10S.C4H10/c1-10(2)9-12-8-7-11-5-3-4-6-13(11)12;1-8(2)7-9-3-5-10(11)6-4-9;1-9(2)8-10-6-4-3-5-7-10;1-7(2)8-5-3-4-6-8;1-6(2)4-3-5-10-7(8)9;1-6(2)3-7-4-8-5-9-7;1-7(2)5-3-4-6-8;1-6(2)5-7(3)4;1-5-7(4)6(2)3;2*1-5(2)3-4-6(7)8;1-6(2)4-5-7-3;1-5(2)6(3)4;2*1-4(2)3-5(6)7;1-4(2)5(3)6;2*1-4(2)3-5;1-4(2)3/h3-6,8,10H,7,9H2,1-2H3;3-6,8,11H,7H2,1-2H3;3-7,9H,8H2,1-2H3;7-8H,3-6H2,1-2H3;6H,3-5H2,1-2H3,(H4,8,9,10);4-6H,3H2,1-2H3,(H,8,9);7H,3-6,8H2,1-2H3;2*6-7H,5H2,1-4H3;5H,3-4H2,1-2H3,(H2,7,8);5H,3-4H2,1-2H3,(H,7,8);6H,4-5H2,1-3H3;5-6H,1-4H3;4H,3H2,1-2H3,(H2,6,7);4H,3H2,1-2H3,(H,6,7);4-6H,1-3H3;2*4-5H,3H2,1-2H3;4H,1-3H3. The Morgan fingerprint density at radius 2 is 0.856 bits per heavy atom. The zero-order chi connectivity index (χ0) is 117. The van der Waals surface area contributed by atoms with Gasteiger partial charge in [0.05, 0.1) is 12.4 Å². The molecule has 4 aromatic rings. The molecule has 868 valence electrons. The summed E-state index contributed by atoms with van der Waals surface area (Å²) in [6, 6.07) is 26.8. The monoisotopic (exact) mass is 2100 g/mol. The average molecular weight is 2100 g/mol. The van der Waals surface area contributed by atoms with E-state index in [0.717, 1.165) is 146 Å². The Bertz CT molecular complexity index is 3250. The summed E-state index contributed by atoms with van der Waals surface area (Å²) in [5.74, 6) is 17.9. The third-order valence-corrected chi connectivity index (χ3v) is 22.7. The van der Waals surface area contributed by atoms with Crippen LogP contribution in [-0.2, 0) is 44.9 Å². The van der Waals surface area contributed by atoms with Gasteiger partial charge >= 0.3 is 11.9 Å². The molecule has 17 nitrogen and oxygen atoms in total. The van der Waals surface area contributed by atoms with E-state index in [2.05, 4.69) is 337 Å². The van der Waals surface area contributed by atoms with Crippen molar-refractivity contribution in [3.8, 4) is 5.75 Å². The van der Waals surface area contributed by atoms with Gasteiger partial charge in [-0.25, -0.2) is 4.98 Å². The summed E-state index contributed by atoms with van der Waals surface area (Å²) in [7, 11) is 0. The molecule has 2 amide bonds. The Labute approximate surface area is 919 Å². The predicted octanol–water partition coefficient (Wildman–Crippen LogP) is 35.1. The van der Waals surface area contributed by atoms with Gasteiger partial charge in [-0.15, -0.1) is 0 Å².